The van der Waals surface area contributed by atoms with Crippen molar-refractivity contribution in [2.75, 3.05) is 26.2 Å². The molecule has 136 valence electrons. The van der Waals surface area contributed by atoms with Crippen LogP contribution in [0.3, 0.4) is 0 Å². The Morgan fingerprint density at radius 2 is 2.12 bits per heavy atom. The van der Waals surface area contributed by atoms with Crippen molar-refractivity contribution in [1.82, 2.24) is 15.4 Å². The first-order valence-corrected chi connectivity index (χ1v) is 9.45. The first-order chi connectivity index (χ1) is 11.7. The fourth-order valence-corrected chi connectivity index (χ4v) is 3.67. The van der Waals surface area contributed by atoms with Gasteiger partial charge in [0.15, 0.2) is 5.76 Å². The molecular formula is C18H31N3O3. The average Bonchev–Trinajstić information content (AvgIpc) is 3.03. The number of nitrogens with zero attached hydrogens (tertiary/aromatic N) is 2. The molecule has 0 bridgehead atoms. The second-order valence-electron chi connectivity index (χ2n) is 7.07. The van der Waals surface area contributed by atoms with Gasteiger partial charge in [0.2, 0.25) is 0 Å². The van der Waals surface area contributed by atoms with Crippen LogP contribution in [0.5, 0.6) is 0 Å². The van der Waals surface area contributed by atoms with E-state index in [2.05, 4.69) is 28.4 Å². The number of aliphatic hydroxyl groups is 1. The minimum absolute atomic E-state index is 0.116. The van der Waals surface area contributed by atoms with Crippen LogP contribution in [-0.4, -0.2) is 59.7 Å². The lowest BCUT2D eigenvalue weighted by Gasteiger charge is -2.33. The Labute approximate surface area is 144 Å². The van der Waals surface area contributed by atoms with Crippen molar-refractivity contribution in [3.8, 4) is 0 Å². The summed E-state index contributed by atoms with van der Waals surface area (Å²) in [6.45, 7) is 6.83. The number of aliphatic hydroxyl groups excluding tert-OH is 1. The number of hydrogen-bond donors (Lipinski definition) is 2. The molecule has 0 radical (unpaired) electrons. The first kappa shape index (κ1) is 17.9. The SMILES string of the molecule is CCNC[C@H]1O[C@H](Cc2cc(CN3CCCCC3)on2)CC[C@@H]1O. The molecule has 2 N–H and O–H groups in total. The molecule has 0 aliphatic carbocycles. The van der Waals surface area contributed by atoms with Crippen LogP contribution in [0.2, 0.25) is 0 Å². The third-order valence-electron chi connectivity index (χ3n) is 5.05. The van der Waals surface area contributed by atoms with Gasteiger partial charge in [0.25, 0.3) is 0 Å². The van der Waals surface area contributed by atoms with Crippen LogP contribution in [0.4, 0.5) is 0 Å². The van der Waals surface area contributed by atoms with Crippen LogP contribution in [0, 0.1) is 0 Å². The fraction of sp³-hybridized carbons (Fsp3) is 0.833. The van der Waals surface area contributed by atoms with E-state index in [-0.39, 0.29) is 18.3 Å². The van der Waals surface area contributed by atoms with Crippen molar-refractivity contribution in [2.45, 2.75) is 70.3 Å². The number of nitrogens with one attached hydrogen (secondary N) is 1. The molecule has 0 unspecified atom stereocenters. The number of piperidine rings is 1. The van der Waals surface area contributed by atoms with Crippen molar-refractivity contribution in [2.24, 2.45) is 0 Å². The molecule has 3 heterocycles. The molecule has 6 heteroatoms. The average molecular weight is 337 g/mol. The lowest BCUT2D eigenvalue weighted by atomic mass is 9.98. The van der Waals surface area contributed by atoms with Crippen molar-refractivity contribution in [3.05, 3.63) is 17.5 Å². The summed E-state index contributed by atoms with van der Waals surface area (Å²) in [7, 11) is 0. The minimum Gasteiger partial charge on any atom is -0.390 e. The molecule has 24 heavy (non-hydrogen) atoms. The van der Waals surface area contributed by atoms with Crippen LogP contribution >= 0.6 is 0 Å². The highest BCUT2D eigenvalue weighted by Gasteiger charge is 2.30. The Morgan fingerprint density at radius 3 is 2.92 bits per heavy atom. The number of likely N-dealkylation sites (tertiary alicyclic amines) is 1. The normalized spacial score (nSPS) is 29.0. The van der Waals surface area contributed by atoms with E-state index in [0.29, 0.717) is 6.54 Å². The van der Waals surface area contributed by atoms with Gasteiger partial charge in [0.1, 0.15) is 0 Å². The number of ether oxygens (including phenoxy) is 1. The van der Waals surface area contributed by atoms with Gasteiger partial charge >= 0.3 is 0 Å². The summed E-state index contributed by atoms with van der Waals surface area (Å²) in [5, 5.41) is 17.5. The maximum absolute atomic E-state index is 10.1. The summed E-state index contributed by atoms with van der Waals surface area (Å²) < 4.78 is 11.6. The van der Waals surface area contributed by atoms with Gasteiger partial charge in [-0.2, -0.15) is 0 Å². The molecule has 6 nitrogen and oxygen atoms in total. The molecule has 2 aliphatic rings. The van der Waals surface area contributed by atoms with E-state index in [4.69, 9.17) is 9.26 Å². The van der Waals surface area contributed by atoms with Crippen LogP contribution in [0.15, 0.2) is 10.6 Å². The van der Waals surface area contributed by atoms with Gasteiger partial charge in [0, 0.05) is 19.0 Å². The zero-order valence-corrected chi connectivity index (χ0v) is 14.7. The highest BCUT2D eigenvalue weighted by Crippen LogP contribution is 2.23. The molecule has 3 atom stereocenters. The lowest BCUT2D eigenvalue weighted by Crippen LogP contribution is -2.45. The maximum Gasteiger partial charge on any atom is 0.150 e. The topological polar surface area (TPSA) is 70.8 Å². The standard InChI is InChI=1S/C18H31N3O3/c1-2-19-12-18-17(22)7-6-15(23-18)10-14-11-16(24-20-14)13-21-8-4-3-5-9-21/h11,15,17-19,22H,2-10,12-13H2,1H3/t15-,17-,18+/m0/s1. The molecule has 3 rings (SSSR count). The monoisotopic (exact) mass is 337 g/mol. The van der Waals surface area contributed by atoms with E-state index in [1.54, 1.807) is 0 Å². The smallest absolute Gasteiger partial charge is 0.150 e. The summed E-state index contributed by atoms with van der Waals surface area (Å²) in [6, 6.07) is 2.07. The molecule has 0 aromatic carbocycles. The number of likely N-dealkylation sites (N-methyl/N-ethyl adjacent to an activating group) is 1. The van der Waals surface area contributed by atoms with E-state index >= 15 is 0 Å². The van der Waals surface area contributed by atoms with Crippen molar-refractivity contribution in [3.63, 3.8) is 0 Å². The zero-order chi connectivity index (χ0) is 16.8. The largest absolute Gasteiger partial charge is 0.390 e. The zero-order valence-electron chi connectivity index (χ0n) is 14.7. The molecule has 0 saturated carbocycles. The van der Waals surface area contributed by atoms with E-state index < -0.39 is 0 Å². The maximum atomic E-state index is 10.1. The summed E-state index contributed by atoms with van der Waals surface area (Å²) in [5.41, 5.74) is 0.964. The minimum atomic E-state index is -0.368. The van der Waals surface area contributed by atoms with Crippen molar-refractivity contribution in [1.29, 1.82) is 0 Å². The molecule has 1 aromatic heterocycles. The summed E-state index contributed by atoms with van der Waals surface area (Å²) in [5.74, 6) is 0.951. The summed E-state index contributed by atoms with van der Waals surface area (Å²) in [4.78, 5) is 2.44. The van der Waals surface area contributed by atoms with Gasteiger partial charge in [-0.25, -0.2) is 0 Å². The van der Waals surface area contributed by atoms with Gasteiger partial charge in [-0.1, -0.05) is 18.5 Å². The number of aromatic nitrogens is 1. The van der Waals surface area contributed by atoms with E-state index in [9.17, 15) is 5.11 Å². The summed E-state index contributed by atoms with van der Waals surface area (Å²) in [6.07, 6.45) is 5.97. The van der Waals surface area contributed by atoms with Crippen LogP contribution in [-0.2, 0) is 17.7 Å². The number of rotatable bonds is 7. The van der Waals surface area contributed by atoms with Gasteiger partial charge in [0.05, 0.1) is 30.6 Å². The van der Waals surface area contributed by atoms with Gasteiger partial charge in [-0.05, 0) is 45.3 Å². The predicted octanol–water partition coefficient (Wildman–Crippen LogP) is 1.72. The third kappa shape index (κ3) is 5.02. The van der Waals surface area contributed by atoms with Crippen LogP contribution in [0.25, 0.3) is 0 Å². The van der Waals surface area contributed by atoms with Crippen molar-refractivity contribution < 1.29 is 14.4 Å². The number of hydrogen-bond acceptors (Lipinski definition) is 6. The highest BCUT2D eigenvalue weighted by atomic mass is 16.5. The van der Waals surface area contributed by atoms with E-state index in [1.807, 2.05) is 0 Å². The highest BCUT2D eigenvalue weighted by molar-refractivity contribution is 5.07. The Hall–Kier alpha value is -0.950. The van der Waals surface area contributed by atoms with Gasteiger partial charge in [-0.3, -0.25) is 4.90 Å². The lowest BCUT2D eigenvalue weighted by molar-refractivity contribution is -0.114. The third-order valence-corrected chi connectivity index (χ3v) is 5.05. The molecule has 2 fully saturated rings. The quantitative estimate of drug-likeness (QED) is 0.789. The summed E-state index contributed by atoms with van der Waals surface area (Å²) >= 11 is 0. The van der Waals surface area contributed by atoms with Gasteiger partial charge < -0.3 is 19.7 Å². The first-order valence-electron chi connectivity index (χ1n) is 9.45. The Morgan fingerprint density at radius 1 is 1.29 bits per heavy atom. The Kier molecular flexibility index (Phi) is 6.66. The van der Waals surface area contributed by atoms with Crippen molar-refractivity contribution >= 4 is 0 Å². The molecule has 0 spiro atoms. The Bertz CT molecular complexity index is 488. The predicted molar refractivity (Wildman–Crippen MR) is 91.8 cm³/mol. The second-order valence-corrected chi connectivity index (χ2v) is 7.07. The fourth-order valence-electron chi connectivity index (χ4n) is 3.67. The van der Waals surface area contributed by atoms with E-state index in [0.717, 1.165) is 56.9 Å². The molecule has 2 saturated heterocycles. The van der Waals surface area contributed by atoms with Crippen LogP contribution < -0.4 is 5.32 Å². The van der Waals surface area contributed by atoms with Crippen LogP contribution in [0.1, 0.15) is 50.5 Å². The molecular weight excluding hydrogens is 306 g/mol. The Balaban J connectivity index is 1.48. The molecule has 2 aliphatic heterocycles. The van der Waals surface area contributed by atoms with Gasteiger partial charge in [-0.15, -0.1) is 0 Å². The second kappa shape index (κ2) is 8.94. The molecule has 0 amide bonds. The van der Waals surface area contributed by atoms with E-state index in [1.165, 1.54) is 19.3 Å². The molecule has 1 aromatic rings.